The zero-order chi connectivity index (χ0) is 31.7. The molecule has 3 rings (SSSR count). The van der Waals surface area contributed by atoms with E-state index >= 15 is 0 Å². The summed E-state index contributed by atoms with van der Waals surface area (Å²) >= 11 is 12.3. The maximum atomic E-state index is 14.1. The molecule has 0 aromatic heterocycles. The highest BCUT2D eigenvalue weighted by Crippen LogP contribution is 2.34. The lowest BCUT2D eigenvalue weighted by atomic mass is 10.1. The summed E-state index contributed by atoms with van der Waals surface area (Å²) in [6.45, 7) is 5.30. The number of nitrogens with zero attached hydrogens (tertiary/aromatic N) is 2. The van der Waals surface area contributed by atoms with Crippen LogP contribution in [0.2, 0.25) is 10.0 Å². The summed E-state index contributed by atoms with van der Waals surface area (Å²) in [5, 5.41) is 3.49. The summed E-state index contributed by atoms with van der Waals surface area (Å²) in [6, 6.07) is 14.9. The Labute approximate surface area is 263 Å². The molecule has 0 spiro atoms. The molecule has 0 radical (unpaired) electrons. The fourth-order valence-corrected chi connectivity index (χ4v) is 6.03. The van der Waals surface area contributed by atoms with Crippen LogP contribution in [0.15, 0.2) is 65.6 Å². The molecule has 0 fully saturated rings. The smallest absolute Gasteiger partial charge is 0.264 e. The van der Waals surface area contributed by atoms with E-state index in [9.17, 15) is 18.0 Å². The Morgan fingerprint density at radius 2 is 1.60 bits per heavy atom. The van der Waals surface area contributed by atoms with Gasteiger partial charge in [-0.3, -0.25) is 13.9 Å². The molecule has 1 atom stereocenters. The van der Waals surface area contributed by atoms with Gasteiger partial charge in [-0.05, 0) is 62.2 Å². The predicted molar refractivity (Wildman–Crippen MR) is 170 cm³/mol. The molecule has 12 heteroatoms. The fraction of sp³-hybridized carbons (Fsp3) is 0.355. The van der Waals surface area contributed by atoms with Crippen molar-refractivity contribution in [2.75, 3.05) is 31.6 Å². The number of hydrogen-bond donors (Lipinski definition) is 1. The quantitative estimate of drug-likeness (QED) is 0.220. The van der Waals surface area contributed by atoms with E-state index in [0.717, 1.165) is 22.7 Å². The molecule has 0 aliphatic heterocycles. The zero-order valence-corrected chi connectivity index (χ0v) is 27.2. The average molecular weight is 651 g/mol. The summed E-state index contributed by atoms with van der Waals surface area (Å²) in [4.78, 5) is 28.5. The maximum absolute atomic E-state index is 14.1. The molecule has 0 heterocycles. The first-order valence-electron chi connectivity index (χ1n) is 13.8. The largest absolute Gasteiger partial charge is 0.493 e. The van der Waals surface area contributed by atoms with Crippen LogP contribution in [0.5, 0.6) is 11.5 Å². The molecule has 0 aliphatic carbocycles. The molecule has 2 amide bonds. The van der Waals surface area contributed by atoms with Crippen LogP contribution in [0, 0.1) is 6.92 Å². The van der Waals surface area contributed by atoms with Crippen molar-refractivity contribution in [3.8, 4) is 11.5 Å². The van der Waals surface area contributed by atoms with Gasteiger partial charge in [0.2, 0.25) is 11.8 Å². The van der Waals surface area contributed by atoms with Gasteiger partial charge in [-0.2, -0.15) is 0 Å². The van der Waals surface area contributed by atoms with Gasteiger partial charge in [0.25, 0.3) is 10.0 Å². The zero-order valence-electron chi connectivity index (χ0n) is 24.9. The Balaban J connectivity index is 2.07. The monoisotopic (exact) mass is 649 g/mol. The van der Waals surface area contributed by atoms with Crippen molar-refractivity contribution in [3.63, 3.8) is 0 Å². The van der Waals surface area contributed by atoms with Crippen LogP contribution in [0.1, 0.15) is 37.8 Å². The van der Waals surface area contributed by atoms with Crippen LogP contribution in [-0.4, -0.2) is 58.5 Å². The van der Waals surface area contributed by atoms with Crippen LogP contribution >= 0.6 is 23.2 Å². The molecule has 3 aromatic rings. The minimum atomic E-state index is -4.24. The predicted octanol–water partition coefficient (Wildman–Crippen LogP) is 5.85. The van der Waals surface area contributed by atoms with E-state index in [2.05, 4.69) is 5.32 Å². The van der Waals surface area contributed by atoms with Gasteiger partial charge in [-0.15, -0.1) is 0 Å². The number of ether oxygens (including phenoxy) is 2. The number of hydrogen-bond acceptors (Lipinski definition) is 6. The van der Waals surface area contributed by atoms with Gasteiger partial charge in [-0.1, -0.05) is 60.3 Å². The number of benzene rings is 3. The first kappa shape index (κ1) is 34.0. The van der Waals surface area contributed by atoms with Crippen molar-refractivity contribution in [1.29, 1.82) is 0 Å². The van der Waals surface area contributed by atoms with Crippen molar-refractivity contribution in [1.82, 2.24) is 10.2 Å². The van der Waals surface area contributed by atoms with Gasteiger partial charge < -0.3 is 19.7 Å². The van der Waals surface area contributed by atoms with Gasteiger partial charge in [0.1, 0.15) is 12.6 Å². The Hall–Kier alpha value is -3.47. The third kappa shape index (κ3) is 8.55. The molecule has 232 valence electrons. The molecule has 43 heavy (non-hydrogen) atoms. The van der Waals surface area contributed by atoms with E-state index in [1.807, 2.05) is 13.8 Å². The second-order valence-corrected chi connectivity index (χ2v) is 12.6. The Morgan fingerprint density at radius 3 is 2.21 bits per heavy atom. The lowest BCUT2D eigenvalue weighted by molar-refractivity contribution is -0.139. The van der Waals surface area contributed by atoms with E-state index in [4.69, 9.17) is 32.7 Å². The number of rotatable bonds is 14. The maximum Gasteiger partial charge on any atom is 0.264 e. The highest BCUT2D eigenvalue weighted by molar-refractivity contribution is 7.92. The van der Waals surface area contributed by atoms with Crippen LogP contribution in [-0.2, 0) is 26.2 Å². The van der Waals surface area contributed by atoms with Crippen LogP contribution in [0.25, 0.3) is 0 Å². The Morgan fingerprint density at radius 1 is 0.930 bits per heavy atom. The van der Waals surface area contributed by atoms with Gasteiger partial charge in [0.05, 0.1) is 34.8 Å². The number of aryl methyl sites for hydroxylation is 1. The molecular formula is C31H37Cl2N3O6S. The number of anilines is 1. The minimum Gasteiger partial charge on any atom is -0.493 e. The number of unbranched alkanes of at least 4 members (excludes halogenated alkanes) is 1. The van der Waals surface area contributed by atoms with Gasteiger partial charge in [0, 0.05) is 19.2 Å². The molecule has 0 bridgehead atoms. The third-order valence-electron chi connectivity index (χ3n) is 6.88. The Bertz CT molecular complexity index is 1530. The van der Waals surface area contributed by atoms with Crippen molar-refractivity contribution in [2.45, 2.75) is 51.1 Å². The van der Waals surface area contributed by atoms with Crippen LogP contribution in [0.3, 0.4) is 0 Å². The standard InChI is InChI=1S/C31H37Cl2N3O6S/c1-6-7-16-34-31(38)22(3)35(19-23-10-14-26(32)27(33)17-23)30(37)20-36(24-11-15-28(41-4)29(18-24)42-5)43(39,40)25-12-8-21(2)9-13-25/h8-15,17-18,22H,6-7,16,19-20H2,1-5H3,(H,34,38)/t22-/m1/s1. The van der Waals surface area contributed by atoms with Crippen LogP contribution < -0.4 is 19.1 Å². The van der Waals surface area contributed by atoms with Crippen molar-refractivity contribution in [2.24, 2.45) is 0 Å². The van der Waals surface area contributed by atoms with Crippen molar-refractivity contribution >= 4 is 50.7 Å². The fourth-order valence-electron chi connectivity index (χ4n) is 4.30. The van der Waals surface area contributed by atoms with Gasteiger partial charge in [-0.25, -0.2) is 8.42 Å². The molecule has 3 aromatic carbocycles. The topological polar surface area (TPSA) is 105 Å². The van der Waals surface area contributed by atoms with E-state index in [1.165, 1.54) is 43.4 Å². The van der Waals surface area contributed by atoms with E-state index in [-0.39, 0.29) is 28.8 Å². The molecule has 0 saturated heterocycles. The number of halogens is 2. The summed E-state index contributed by atoms with van der Waals surface area (Å²) < 4.78 is 39.8. The van der Waals surface area contributed by atoms with E-state index in [0.29, 0.717) is 27.9 Å². The first-order valence-corrected chi connectivity index (χ1v) is 15.9. The van der Waals surface area contributed by atoms with Crippen molar-refractivity contribution in [3.05, 3.63) is 81.8 Å². The first-order chi connectivity index (χ1) is 20.4. The molecule has 0 unspecified atom stereocenters. The molecule has 0 aliphatic rings. The molecular weight excluding hydrogens is 613 g/mol. The molecule has 1 N–H and O–H groups in total. The highest BCUT2D eigenvalue weighted by Gasteiger charge is 2.33. The lowest BCUT2D eigenvalue weighted by Crippen LogP contribution is -2.51. The van der Waals surface area contributed by atoms with Gasteiger partial charge >= 0.3 is 0 Å². The summed E-state index contributed by atoms with van der Waals surface area (Å²) in [5.74, 6) is -0.285. The van der Waals surface area contributed by atoms with Crippen molar-refractivity contribution < 1.29 is 27.5 Å². The minimum absolute atomic E-state index is 0.00192. The summed E-state index contributed by atoms with van der Waals surface area (Å²) in [6.07, 6.45) is 1.67. The normalized spacial score (nSPS) is 11.9. The third-order valence-corrected chi connectivity index (χ3v) is 9.40. The van der Waals surface area contributed by atoms with E-state index < -0.39 is 28.5 Å². The van der Waals surface area contributed by atoms with Crippen LogP contribution in [0.4, 0.5) is 5.69 Å². The number of sulfonamides is 1. The highest BCUT2D eigenvalue weighted by atomic mass is 35.5. The SMILES string of the molecule is CCCCNC(=O)[C@@H](C)N(Cc1ccc(Cl)c(Cl)c1)C(=O)CN(c1ccc(OC)c(OC)c1)S(=O)(=O)c1ccc(C)cc1. The molecule has 9 nitrogen and oxygen atoms in total. The molecule has 0 saturated carbocycles. The number of amides is 2. The second kappa shape index (κ2) is 15.3. The van der Waals surface area contributed by atoms with E-state index in [1.54, 1.807) is 43.3 Å². The lowest BCUT2D eigenvalue weighted by Gasteiger charge is -2.32. The number of carbonyl (C=O) groups excluding carboxylic acids is 2. The number of carbonyl (C=O) groups is 2. The second-order valence-electron chi connectivity index (χ2n) is 9.95. The Kier molecular flexibility index (Phi) is 12.1. The van der Waals surface area contributed by atoms with Gasteiger partial charge in [0.15, 0.2) is 11.5 Å². The number of nitrogens with one attached hydrogen (secondary N) is 1. The average Bonchev–Trinajstić information content (AvgIpc) is 2.99. The number of methoxy groups -OCH3 is 2. The summed E-state index contributed by atoms with van der Waals surface area (Å²) in [5.41, 5.74) is 1.68. The summed E-state index contributed by atoms with van der Waals surface area (Å²) in [7, 11) is -1.34.